The van der Waals surface area contributed by atoms with Gasteiger partial charge >= 0.3 is 0 Å². The predicted molar refractivity (Wildman–Crippen MR) is 119 cm³/mol. The number of aromatic nitrogens is 3. The third-order valence-electron chi connectivity index (χ3n) is 6.98. The minimum atomic E-state index is -0.224. The van der Waals surface area contributed by atoms with E-state index in [4.69, 9.17) is 0 Å². The van der Waals surface area contributed by atoms with Crippen LogP contribution >= 0.6 is 0 Å². The second kappa shape index (κ2) is 8.04. The summed E-state index contributed by atoms with van der Waals surface area (Å²) in [6.45, 7) is -0.224. The largest absolute Gasteiger partial charge is 0.309 e. The quantitative estimate of drug-likeness (QED) is 0.647. The molecule has 0 radical (unpaired) electrons. The van der Waals surface area contributed by atoms with Crippen molar-refractivity contribution < 1.29 is 9.18 Å². The van der Waals surface area contributed by atoms with E-state index >= 15 is 0 Å². The minimum absolute atomic E-state index is 0.0354. The molecule has 1 unspecified atom stereocenters. The molecule has 1 aromatic carbocycles. The van der Waals surface area contributed by atoms with Gasteiger partial charge < -0.3 is 10.6 Å². The van der Waals surface area contributed by atoms with Crippen molar-refractivity contribution in [2.75, 3.05) is 12.0 Å². The molecule has 162 valence electrons. The minimum Gasteiger partial charge on any atom is -0.309 e. The summed E-state index contributed by atoms with van der Waals surface area (Å²) in [5.74, 6) is 1.03. The molecule has 2 aromatic heterocycles. The molecule has 5 rings (SSSR count). The van der Waals surface area contributed by atoms with Crippen LogP contribution in [0.3, 0.4) is 0 Å². The number of nitrogens with zero attached hydrogens (tertiary/aromatic N) is 3. The van der Waals surface area contributed by atoms with E-state index in [1.165, 1.54) is 0 Å². The Morgan fingerprint density at radius 3 is 2.74 bits per heavy atom. The van der Waals surface area contributed by atoms with Gasteiger partial charge in [-0.15, -0.1) is 0 Å². The van der Waals surface area contributed by atoms with E-state index < -0.39 is 0 Å². The Kier molecular flexibility index (Phi) is 5.22. The lowest BCUT2D eigenvalue weighted by Crippen LogP contribution is -2.68. The van der Waals surface area contributed by atoms with E-state index in [9.17, 15) is 9.18 Å². The molecule has 1 saturated heterocycles. The second-order valence-electron chi connectivity index (χ2n) is 9.13. The average Bonchev–Trinajstić information content (AvgIpc) is 3.19. The number of aryl methyl sites for hydroxylation is 1. The number of rotatable bonds is 5. The van der Waals surface area contributed by atoms with Crippen LogP contribution in [0.2, 0.25) is 0 Å². The third kappa shape index (κ3) is 4.06. The summed E-state index contributed by atoms with van der Waals surface area (Å²) in [7, 11) is 1.90. The molecule has 6 nitrogen and oxygen atoms in total. The van der Waals surface area contributed by atoms with Crippen molar-refractivity contribution in [3.8, 4) is 11.1 Å². The van der Waals surface area contributed by atoms with Gasteiger partial charge in [0.2, 0.25) is 5.91 Å². The van der Waals surface area contributed by atoms with E-state index in [2.05, 4.69) is 32.8 Å². The number of carbonyl (C=O) groups excluding carboxylic acids is 1. The number of amides is 1. The Labute approximate surface area is 181 Å². The first-order chi connectivity index (χ1) is 15.0. The highest BCUT2D eigenvalue weighted by molar-refractivity contribution is 5.97. The Hall–Kier alpha value is -2.80. The van der Waals surface area contributed by atoms with E-state index in [1.807, 2.05) is 31.6 Å². The number of hydrogen-bond acceptors (Lipinski definition) is 4. The first-order valence-corrected chi connectivity index (χ1v) is 11.1. The first kappa shape index (κ1) is 20.1. The summed E-state index contributed by atoms with van der Waals surface area (Å²) in [5, 5.41) is 12.8. The van der Waals surface area contributed by atoms with Gasteiger partial charge in [-0.05, 0) is 67.5 Å². The van der Waals surface area contributed by atoms with Crippen LogP contribution in [0.1, 0.15) is 38.5 Å². The van der Waals surface area contributed by atoms with Gasteiger partial charge in [-0.2, -0.15) is 5.10 Å². The summed E-state index contributed by atoms with van der Waals surface area (Å²) in [5.41, 5.74) is 2.21. The number of alkyl halides is 1. The van der Waals surface area contributed by atoms with Crippen molar-refractivity contribution in [1.82, 2.24) is 20.1 Å². The van der Waals surface area contributed by atoms with Crippen LogP contribution in [0, 0.1) is 5.92 Å². The fourth-order valence-electron chi connectivity index (χ4n) is 5.09. The molecule has 1 saturated carbocycles. The average molecular weight is 422 g/mol. The molecule has 1 aliphatic heterocycles. The number of carbonyl (C=O) groups is 1. The molecule has 1 amide bonds. The van der Waals surface area contributed by atoms with Gasteiger partial charge in [0.15, 0.2) is 0 Å². The van der Waals surface area contributed by atoms with E-state index in [0.717, 1.165) is 54.0 Å². The zero-order valence-corrected chi connectivity index (χ0v) is 17.8. The van der Waals surface area contributed by atoms with Gasteiger partial charge in [-0.3, -0.25) is 13.9 Å². The normalized spacial score (nSPS) is 25.5. The second-order valence-corrected chi connectivity index (χ2v) is 9.13. The lowest BCUT2D eigenvalue weighted by Gasteiger charge is -2.52. The number of benzene rings is 1. The number of fused-ring (bicyclic) bond motifs is 1. The number of anilines is 1. The van der Waals surface area contributed by atoms with Gasteiger partial charge in [0, 0.05) is 35.9 Å². The summed E-state index contributed by atoms with van der Waals surface area (Å²) < 4.78 is 14.4. The van der Waals surface area contributed by atoms with Crippen molar-refractivity contribution in [2.45, 2.75) is 50.1 Å². The van der Waals surface area contributed by atoms with Crippen LogP contribution in [-0.4, -0.2) is 38.9 Å². The Bertz CT molecular complexity index is 1090. The Balaban J connectivity index is 1.23. The molecule has 3 aromatic rings. The van der Waals surface area contributed by atoms with Crippen molar-refractivity contribution in [1.29, 1.82) is 0 Å². The zero-order valence-electron chi connectivity index (χ0n) is 17.8. The Morgan fingerprint density at radius 2 is 2.03 bits per heavy atom. The summed E-state index contributed by atoms with van der Waals surface area (Å²) in [6.07, 6.45) is 11.3. The number of hydrogen-bond donors (Lipinski definition) is 2. The molecule has 1 spiro atoms. The fourth-order valence-corrected chi connectivity index (χ4v) is 5.09. The topological polar surface area (TPSA) is 71.8 Å². The Morgan fingerprint density at radius 1 is 1.23 bits per heavy atom. The molecular formula is C24H28FN5O. The maximum Gasteiger partial charge on any atom is 0.242 e. The molecule has 3 heterocycles. The highest BCUT2D eigenvalue weighted by Gasteiger charge is 2.48. The molecule has 2 N–H and O–H groups in total. The van der Waals surface area contributed by atoms with Gasteiger partial charge in [-0.1, -0.05) is 12.1 Å². The van der Waals surface area contributed by atoms with Gasteiger partial charge in [0.1, 0.15) is 5.82 Å². The molecular weight excluding hydrogens is 393 g/mol. The monoisotopic (exact) mass is 421 g/mol. The number of nitrogens with one attached hydrogen (secondary N) is 2. The van der Waals surface area contributed by atoms with Crippen molar-refractivity contribution in [2.24, 2.45) is 13.0 Å². The molecule has 2 fully saturated rings. The van der Waals surface area contributed by atoms with Crippen LogP contribution in [0.5, 0.6) is 0 Å². The molecule has 0 bridgehead atoms. The zero-order chi connectivity index (χ0) is 21.4. The van der Waals surface area contributed by atoms with E-state index in [0.29, 0.717) is 18.2 Å². The lowest BCUT2D eigenvalue weighted by atomic mass is 9.67. The standard InChI is InChI=1S/C24H28FN5O/c1-30-15-20(14-27-30)17-2-3-18-13-26-22(11-19(18)10-17)28-23(31)21-12-24(29-21)7-4-16(5-8-24)6-9-25/h2-3,10-11,13-16,21,29H,4-9,12H2,1H3,(H,26,28,31). The van der Waals surface area contributed by atoms with Gasteiger partial charge in [-0.25, -0.2) is 4.98 Å². The highest BCUT2D eigenvalue weighted by Crippen LogP contribution is 2.42. The maximum absolute atomic E-state index is 12.7. The number of halogens is 1. The van der Waals surface area contributed by atoms with Crippen molar-refractivity contribution in [3.63, 3.8) is 0 Å². The summed E-state index contributed by atoms with van der Waals surface area (Å²) >= 11 is 0. The van der Waals surface area contributed by atoms with Crippen LogP contribution in [0.15, 0.2) is 42.9 Å². The predicted octanol–water partition coefficient (Wildman–Crippen LogP) is 4.22. The SMILES string of the molecule is Cn1cc(-c2ccc3cnc(NC(=O)C4CC5(CCC(CCF)CC5)N4)cc3c2)cn1. The molecule has 31 heavy (non-hydrogen) atoms. The maximum atomic E-state index is 12.7. The van der Waals surface area contributed by atoms with Gasteiger partial charge in [0.25, 0.3) is 0 Å². The fraction of sp³-hybridized carbons (Fsp3) is 0.458. The molecule has 2 aliphatic rings. The summed E-state index contributed by atoms with van der Waals surface area (Å²) in [6, 6.07) is 7.92. The van der Waals surface area contributed by atoms with Crippen LogP contribution in [0.25, 0.3) is 21.9 Å². The third-order valence-corrected chi connectivity index (χ3v) is 6.98. The lowest BCUT2D eigenvalue weighted by molar-refractivity contribution is -0.123. The van der Waals surface area contributed by atoms with E-state index in [1.54, 1.807) is 10.9 Å². The molecule has 1 aliphatic carbocycles. The first-order valence-electron chi connectivity index (χ1n) is 11.1. The highest BCUT2D eigenvalue weighted by atomic mass is 19.1. The summed E-state index contributed by atoms with van der Waals surface area (Å²) in [4.78, 5) is 17.2. The van der Waals surface area contributed by atoms with Crippen LogP contribution in [0.4, 0.5) is 10.2 Å². The van der Waals surface area contributed by atoms with Crippen LogP contribution < -0.4 is 10.6 Å². The number of pyridine rings is 1. The molecule has 1 atom stereocenters. The van der Waals surface area contributed by atoms with Gasteiger partial charge in [0.05, 0.1) is 18.9 Å². The molecule has 7 heteroatoms. The van der Waals surface area contributed by atoms with E-state index in [-0.39, 0.29) is 24.2 Å². The smallest absolute Gasteiger partial charge is 0.242 e. The van der Waals surface area contributed by atoms with Crippen molar-refractivity contribution in [3.05, 3.63) is 42.9 Å². The van der Waals surface area contributed by atoms with Crippen molar-refractivity contribution >= 4 is 22.5 Å². The van der Waals surface area contributed by atoms with Crippen LogP contribution in [-0.2, 0) is 11.8 Å².